The third-order valence-corrected chi connectivity index (χ3v) is 11.6. The van der Waals surface area contributed by atoms with Crippen LogP contribution in [0.25, 0.3) is 21.5 Å². The van der Waals surface area contributed by atoms with Crippen LogP contribution in [-0.4, -0.2) is 6.71 Å². The average Bonchev–Trinajstić information content (AvgIpc) is 3.05. The smallest absolute Gasteiger partial charge is 0.266 e. The Morgan fingerprint density at radius 3 is 1.13 bits per heavy atom. The first-order valence-corrected chi connectivity index (χ1v) is 19.0. The lowest BCUT2D eigenvalue weighted by Gasteiger charge is -2.45. The molecule has 6 aromatic carbocycles. The molecule has 0 saturated carbocycles. The number of hydrogen-bond donors (Lipinski definition) is 0. The summed E-state index contributed by atoms with van der Waals surface area (Å²) in [6, 6.07) is 32.1. The summed E-state index contributed by atoms with van der Waals surface area (Å²) in [6.45, 7) is 27.6. The maximum atomic E-state index is 7.12. The fourth-order valence-electron chi connectivity index (χ4n) is 8.89. The van der Waals surface area contributed by atoms with Crippen molar-refractivity contribution in [3.63, 3.8) is 0 Å². The Kier molecular flexibility index (Phi) is 6.67. The van der Waals surface area contributed by atoms with Gasteiger partial charge in [0.05, 0.1) is 5.69 Å². The Morgan fingerprint density at radius 2 is 0.769 bits per heavy atom. The lowest BCUT2D eigenvalue weighted by atomic mass is 9.33. The molecule has 3 aliphatic rings. The first-order valence-electron chi connectivity index (χ1n) is 19.0. The van der Waals surface area contributed by atoms with E-state index in [0.717, 1.165) is 28.5 Å². The van der Waals surface area contributed by atoms with Crippen LogP contribution in [0, 0.1) is 0 Å². The summed E-state index contributed by atoms with van der Waals surface area (Å²) in [6.07, 6.45) is 0. The summed E-state index contributed by atoms with van der Waals surface area (Å²) in [5, 5.41) is 5.09. The summed E-state index contributed by atoms with van der Waals surface area (Å²) in [5.74, 6) is 3.71. The predicted octanol–water partition coefficient (Wildman–Crippen LogP) is 11.7. The van der Waals surface area contributed by atoms with E-state index in [1.165, 1.54) is 71.8 Å². The van der Waals surface area contributed by atoms with Crippen molar-refractivity contribution in [2.45, 2.75) is 105 Å². The molecule has 0 aromatic heterocycles. The van der Waals surface area contributed by atoms with Crippen LogP contribution in [-0.2, 0) is 21.7 Å². The van der Waals surface area contributed by atoms with Crippen LogP contribution in [0.15, 0.2) is 84.9 Å². The van der Waals surface area contributed by atoms with Crippen molar-refractivity contribution in [2.24, 2.45) is 0 Å². The van der Waals surface area contributed by atoms with Crippen LogP contribution in [0.4, 0.5) is 17.1 Å². The Bertz CT molecular complexity index is 2360. The molecule has 9 rings (SSSR count). The van der Waals surface area contributed by atoms with Gasteiger partial charge >= 0.3 is 0 Å². The minimum absolute atomic E-state index is 0.0119. The van der Waals surface area contributed by atoms with Gasteiger partial charge in [0.15, 0.2) is 0 Å². The molecule has 6 aromatic rings. The van der Waals surface area contributed by atoms with Crippen molar-refractivity contribution in [1.29, 1.82) is 0 Å². The molecule has 52 heavy (non-hydrogen) atoms. The van der Waals surface area contributed by atoms with E-state index in [4.69, 9.17) is 9.47 Å². The van der Waals surface area contributed by atoms with Crippen molar-refractivity contribution in [3.8, 4) is 23.0 Å². The van der Waals surface area contributed by atoms with Gasteiger partial charge in [-0.3, -0.25) is 0 Å². The largest absolute Gasteiger partial charge is 0.458 e. The highest BCUT2D eigenvalue weighted by atomic mass is 16.5. The Hall–Kier alpha value is -4.70. The molecular formula is C48H50BNO2. The number of hydrogen-bond acceptors (Lipinski definition) is 3. The molecular weight excluding hydrogens is 633 g/mol. The molecule has 3 nitrogen and oxygen atoms in total. The molecule has 3 heterocycles. The molecule has 0 spiro atoms. The first-order chi connectivity index (χ1) is 24.3. The van der Waals surface area contributed by atoms with Crippen LogP contribution in [0.1, 0.15) is 105 Å². The average molecular weight is 684 g/mol. The SMILES string of the molecule is CC(C)(C)c1cc2c3c(c1)Oc1cc(C(C)(C)C)cc4c1B3c1c(cc(C(C)(C)C)cc1N4c1c3ccccc3c(C(C)(C)C)c3ccccc13)O2. The Morgan fingerprint density at radius 1 is 0.423 bits per heavy atom. The van der Waals surface area contributed by atoms with E-state index in [1.54, 1.807) is 0 Å². The second-order valence-corrected chi connectivity index (χ2v) is 19.5. The summed E-state index contributed by atoms with van der Waals surface area (Å²) in [7, 11) is 0. The molecule has 262 valence electrons. The van der Waals surface area contributed by atoms with E-state index in [2.05, 4.69) is 173 Å². The molecule has 4 heteroatoms. The molecule has 0 saturated heterocycles. The van der Waals surface area contributed by atoms with Gasteiger partial charge in [-0.1, -0.05) is 132 Å². The maximum Gasteiger partial charge on any atom is 0.266 e. The maximum absolute atomic E-state index is 7.12. The van der Waals surface area contributed by atoms with Gasteiger partial charge in [0, 0.05) is 27.6 Å². The van der Waals surface area contributed by atoms with E-state index < -0.39 is 0 Å². The van der Waals surface area contributed by atoms with Crippen molar-refractivity contribution in [2.75, 3.05) is 4.90 Å². The highest BCUT2D eigenvalue weighted by Gasteiger charge is 2.49. The topological polar surface area (TPSA) is 21.7 Å². The number of anilines is 3. The van der Waals surface area contributed by atoms with Crippen LogP contribution in [0.5, 0.6) is 23.0 Å². The minimum atomic E-state index is -0.103. The lowest BCUT2D eigenvalue weighted by Crippen LogP contribution is -2.62. The standard InChI is InChI=1S/C48H50BNO2/c1-45(2,3)27-21-34-41-36(23-27)51-38-25-29(47(7,8)9)26-39-43(38)49(41)42-35(22-28(46(4,5)6)24-37(42)52-39)50(34)44-32-19-15-13-17-30(32)40(48(10,11)12)31-18-14-16-20-33(31)44/h13-26H,1-12H3. The Labute approximate surface area is 310 Å². The van der Waals surface area contributed by atoms with Gasteiger partial charge in [0.1, 0.15) is 23.0 Å². The normalized spacial score (nSPS) is 14.8. The minimum Gasteiger partial charge on any atom is -0.458 e. The van der Waals surface area contributed by atoms with Crippen LogP contribution in [0.2, 0.25) is 0 Å². The van der Waals surface area contributed by atoms with Gasteiger partial charge < -0.3 is 14.4 Å². The molecule has 0 bridgehead atoms. The summed E-state index contributed by atoms with van der Waals surface area (Å²) >= 11 is 0. The van der Waals surface area contributed by atoms with E-state index >= 15 is 0 Å². The van der Waals surface area contributed by atoms with Crippen LogP contribution >= 0.6 is 0 Å². The van der Waals surface area contributed by atoms with Gasteiger partial charge in [-0.2, -0.15) is 0 Å². The van der Waals surface area contributed by atoms with Gasteiger partial charge in [-0.05, 0) is 102 Å². The quantitative estimate of drug-likeness (QED) is 0.127. The second kappa shape index (κ2) is 10.5. The molecule has 0 aliphatic carbocycles. The number of nitrogens with zero attached hydrogens (tertiary/aromatic N) is 1. The summed E-state index contributed by atoms with van der Waals surface area (Å²) < 4.78 is 14.2. The van der Waals surface area contributed by atoms with Crippen LogP contribution in [0.3, 0.4) is 0 Å². The molecule has 0 fully saturated rings. The van der Waals surface area contributed by atoms with Crippen LogP contribution < -0.4 is 30.8 Å². The van der Waals surface area contributed by atoms with Crippen molar-refractivity contribution in [3.05, 3.63) is 107 Å². The molecule has 0 amide bonds. The molecule has 3 aliphatic heterocycles. The van der Waals surface area contributed by atoms with Gasteiger partial charge in [0.25, 0.3) is 6.71 Å². The monoisotopic (exact) mass is 683 g/mol. The molecule has 0 N–H and O–H groups in total. The summed E-state index contributed by atoms with van der Waals surface area (Å²) in [4.78, 5) is 2.59. The predicted molar refractivity (Wildman–Crippen MR) is 222 cm³/mol. The van der Waals surface area contributed by atoms with Gasteiger partial charge in [-0.25, -0.2) is 0 Å². The first kappa shape index (κ1) is 33.2. The van der Waals surface area contributed by atoms with E-state index in [0.29, 0.717) is 0 Å². The summed E-state index contributed by atoms with van der Waals surface area (Å²) in [5.41, 5.74) is 11.9. The fraction of sp³-hybridized carbons (Fsp3) is 0.333. The zero-order chi connectivity index (χ0) is 36.9. The fourth-order valence-corrected chi connectivity index (χ4v) is 8.89. The number of rotatable bonds is 1. The zero-order valence-corrected chi connectivity index (χ0v) is 32.9. The van der Waals surface area contributed by atoms with E-state index in [1.807, 2.05) is 0 Å². The van der Waals surface area contributed by atoms with Gasteiger partial charge in [0.2, 0.25) is 0 Å². The third-order valence-electron chi connectivity index (χ3n) is 11.6. The third kappa shape index (κ3) is 4.72. The molecule has 0 atom stereocenters. The second-order valence-electron chi connectivity index (χ2n) is 19.5. The zero-order valence-electron chi connectivity index (χ0n) is 32.9. The van der Waals surface area contributed by atoms with Crippen molar-refractivity contribution >= 4 is 61.7 Å². The van der Waals surface area contributed by atoms with Gasteiger partial charge in [-0.15, -0.1) is 0 Å². The Balaban J connectivity index is 1.48. The number of fused-ring (bicyclic) bond motifs is 2. The molecule has 0 unspecified atom stereocenters. The highest BCUT2D eigenvalue weighted by molar-refractivity contribution is 7.00. The van der Waals surface area contributed by atoms with E-state index in [9.17, 15) is 0 Å². The number of benzene rings is 6. The van der Waals surface area contributed by atoms with Crippen molar-refractivity contribution < 1.29 is 9.47 Å². The molecule has 0 radical (unpaired) electrons. The highest BCUT2D eigenvalue weighted by Crippen LogP contribution is 2.53. The van der Waals surface area contributed by atoms with E-state index in [-0.39, 0.29) is 28.4 Å². The number of ether oxygens (including phenoxy) is 2. The lowest BCUT2D eigenvalue weighted by molar-refractivity contribution is 0.455. The van der Waals surface area contributed by atoms with Crippen molar-refractivity contribution in [1.82, 2.24) is 0 Å².